The fourth-order valence-electron chi connectivity index (χ4n) is 1.47. The molecule has 1 heterocycles. The molecule has 2 aromatic rings. The van der Waals surface area contributed by atoms with Crippen LogP contribution in [0.5, 0.6) is 0 Å². The number of hydrogen-bond donors (Lipinski definition) is 1. The Balaban J connectivity index is 2.36. The van der Waals surface area contributed by atoms with Crippen molar-refractivity contribution < 1.29 is 4.80 Å². The Labute approximate surface area is 83.7 Å². The Bertz CT molecular complexity index is 404. The van der Waals surface area contributed by atoms with E-state index < -0.39 is 0 Å². The van der Waals surface area contributed by atoms with Gasteiger partial charge in [-0.15, -0.1) is 5.10 Å². The Morgan fingerprint density at radius 1 is 1.29 bits per heavy atom. The third-order valence-electron chi connectivity index (χ3n) is 2.01. The van der Waals surface area contributed by atoms with E-state index in [2.05, 4.69) is 31.0 Å². The molecular weight excluding hydrogens is 174 g/mol. The van der Waals surface area contributed by atoms with E-state index in [1.165, 1.54) is 0 Å². The third-order valence-corrected chi connectivity index (χ3v) is 2.01. The molecular formula is C11H16N3+. The number of aromatic amines is 1. The van der Waals surface area contributed by atoms with Crippen molar-refractivity contribution in [2.24, 2.45) is 5.41 Å². The first-order chi connectivity index (χ1) is 6.54. The average molecular weight is 190 g/mol. The number of aromatic nitrogens is 3. The number of rotatable bonds is 1. The number of fused-ring (bicyclic) bond motifs is 1. The second kappa shape index (κ2) is 3.08. The molecule has 74 valence electrons. The van der Waals surface area contributed by atoms with Gasteiger partial charge in [-0.2, -0.15) is 0 Å². The summed E-state index contributed by atoms with van der Waals surface area (Å²) in [5.41, 5.74) is 2.37. The Morgan fingerprint density at radius 2 is 2.00 bits per heavy atom. The molecule has 0 unspecified atom stereocenters. The lowest BCUT2D eigenvalue weighted by Crippen LogP contribution is -2.44. The van der Waals surface area contributed by atoms with Crippen molar-refractivity contribution in [3.63, 3.8) is 0 Å². The van der Waals surface area contributed by atoms with Gasteiger partial charge in [0.15, 0.2) is 5.52 Å². The van der Waals surface area contributed by atoms with Crippen molar-refractivity contribution in [1.29, 1.82) is 0 Å². The molecule has 0 spiro atoms. The largest absolute Gasteiger partial charge is 0.205 e. The van der Waals surface area contributed by atoms with Crippen LogP contribution in [0.3, 0.4) is 0 Å². The molecule has 2 rings (SSSR count). The van der Waals surface area contributed by atoms with Gasteiger partial charge in [-0.25, -0.2) is 0 Å². The van der Waals surface area contributed by atoms with Gasteiger partial charge in [0.05, 0.1) is 0 Å². The Hall–Kier alpha value is -1.38. The summed E-state index contributed by atoms with van der Waals surface area (Å²) in [6, 6.07) is 8.08. The zero-order valence-corrected chi connectivity index (χ0v) is 8.91. The van der Waals surface area contributed by atoms with Gasteiger partial charge in [0.2, 0.25) is 6.54 Å². The second-order valence-corrected chi connectivity index (χ2v) is 4.85. The quantitative estimate of drug-likeness (QED) is 0.684. The van der Waals surface area contributed by atoms with Gasteiger partial charge in [-0.1, -0.05) is 32.9 Å². The summed E-state index contributed by atoms with van der Waals surface area (Å²) in [5, 5.41) is 7.72. The van der Waals surface area contributed by atoms with Crippen molar-refractivity contribution >= 4 is 11.0 Å². The zero-order chi connectivity index (χ0) is 10.2. The highest BCUT2D eigenvalue weighted by atomic mass is 15.5. The molecule has 0 aliphatic heterocycles. The van der Waals surface area contributed by atoms with Crippen LogP contribution in [0.15, 0.2) is 24.3 Å². The molecule has 0 radical (unpaired) electrons. The Morgan fingerprint density at radius 3 is 2.64 bits per heavy atom. The molecule has 0 saturated carbocycles. The van der Waals surface area contributed by atoms with Gasteiger partial charge in [-0.05, 0) is 16.9 Å². The molecule has 1 aromatic heterocycles. The van der Waals surface area contributed by atoms with Crippen molar-refractivity contribution in [3.8, 4) is 0 Å². The Kier molecular flexibility index (Phi) is 2.02. The van der Waals surface area contributed by atoms with Gasteiger partial charge in [0.25, 0.3) is 0 Å². The zero-order valence-electron chi connectivity index (χ0n) is 8.91. The number of benzene rings is 1. The van der Waals surface area contributed by atoms with Gasteiger partial charge in [0, 0.05) is 10.5 Å². The monoisotopic (exact) mass is 190 g/mol. The maximum atomic E-state index is 4.46. The first kappa shape index (κ1) is 9.19. The number of H-pyrrole nitrogens is 1. The SMILES string of the molecule is CC(C)(C)C[n+]1nc2ccccc2[nH]1. The van der Waals surface area contributed by atoms with Gasteiger partial charge in [0.1, 0.15) is 5.52 Å². The molecule has 0 aliphatic rings. The normalized spacial score (nSPS) is 12.2. The summed E-state index contributed by atoms with van der Waals surface area (Å²) in [7, 11) is 0. The maximum absolute atomic E-state index is 4.46. The summed E-state index contributed by atoms with van der Waals surface area (Å²) in [6.07, 6.45) is 0. The summed E-state index contributed by atoms with van der Waals surface area (Å²) in [5.74, 6) is 0. The minimum absolute atomic E-state index is 0.249. The second-order valence-electron chi connectivity index (χ2n) is 4.85. The summed E-state index contributed by atoms with van der Waals surface area (Å²) in [4.78, 5) is 1.91. The molecule has 0 fully saturated rings. The van der Waals surface area contributed by atoms with E-state index in [4.69, 9.17) is 0 Å². The van der Waals surface area contributed by atoms with E-state index in [1.54, 1.807) is 0 Å². The van der Waals surface area contributed by atoms with Crippen molar-refractivity contribution in [1.82, 2.24) is 10.2 Å². The van der Waals surface area contributed by atoms with Gasteiger partial charge in [-0.3, -0.25) is 0 Å². The molecule has 0 atom stereocenters. The first-order valence-electron chi connectivity index (χ1n) is 4.89. The topological polar surface area (TPSA) is 32.6 Å². The number of para-hydroxylation sites is 1. The fraction of sp³-hybridized carbons (Fsp3) is 0.455. The molecule has 3 nitrogen and oxygen atoms in total. The number of hydrogen-bond acceptors (Lipinski definition) is 1. The van der Waals surface area contributed by atoms with E-state index >= 15 is 0 Å². The highest BCUT2D eigenvalue weighted by Gasteiger charge is 2.20. The first-order valence-corrected chi connectivity index (χ1v) is 4.89. The van der Waals surface area contributed by atoms with Crippen LogP contribution in [0, 0.1) is 5.41 Å². The molecule has 1 aromatic carbocycles. The number of nitrogens with zero attached hydrogens (tertiary/aromatic N) is 2. The summed E-state index contributed by atoms with van der Waals surface area (Å²) < 4.78 is 0. The van der Waals surface area contributed by atoms with Crippen LogP contribution in [-0.4, -0.2) is 10.2 Å². The van der Waals surface area contributed by atoms with Crippen LogP contribution >= 0.6 is 0 Å². The van der Waals surface area contributed by atoms with Gasteiger partial charge >= 0.3 is 0 Å². The van der Waals surface area contributed by atoms with E-state index in [0.717, 1.165) is 17.6 Å². The van der Waals surface area contributed by atoms with Crippen LogP contribution in [0.1, 0.15) is 20.8 Å². The maximum Gasteiger partial charge on any atom is 0.205 e. The molecule has 0 saturated heterocycles. The van der Waals surface area contributed by atoms with E-state index in [1.807, 2.05) is 29.1 Å². The van der Waals surface area contributed by atoms with E-state index in [0.29, 0.717) is 0 Å². The van der Waals surface area contributed by atoms with Crippen LogP contribution < -0.4 is 4.80 Å². The minimum Gasteiger partial charge on any atom is -0.139 e. The molecule has 0 aliphatic carbocycles. The van der Waals surface area contributed by atoms with Crippen LogP contribution in [0.4, 0.5) is 0 Å². The summed E-state index contributed by atoms with van der Waals surface area (Å²) in [6.45, 7) is 7.51. The lowest BCUT2D eigenvalue weighted by atomic mass is 9.97. The molecule has 3 heteroatoms. The van der Waals surface area contributed by atoms with Crippen LogP contribution in [0.25, 0.3) is 11.0 Å². The smallest absolute Gasteiger partial charge is 0.139 e. The lowest BCUT2D eigenvalue weighted by molar-refractivity contribution is -0.808. The standard InChI is InChI=1S/C11H15N3/c1-11(2,3)8-14-12-9-6-4-5-7-10(9)13-14/h4-7H,8H2,1-3H3/p+1. The highest BCUT2D eigenvalue weighted by molar-refractivity contribution is 5.72. The third kappa shape index (κ3) is 1.92. The molecule has 0 bridgehead atoms. The predicted octanol–water partition coefficient (Wildman–Crippen LogP) is 1.90. The predicted molar refractivity (Wildman–Crippen MR) is 55.7 cm³/mol. The van der Waals surface area contributed by atoms with Crippen molar-refractivity contribution in [3.05, 3.63) is 24.3 Å². The lowest BCUT2D eigenvalue weighted by Gasteiger charge is -2.09. The van der Waals surface area contributed by atoms with E-state index in [-0.39, 0.29) is 5.41 Å². The van der Waals surface area contributed by atoms with Crippen molar-refractivity contribution in [2.45, 2.75) is 27.3 Å². The average Bonchev–Trinajstić information content (AvgIpc) is 2.42. The molecule has 0 amide bonds. The van der Waals surface area contributed by atoms with Crippen LogP contribution in [0.2, 0.25) is 0 Å². The molecule has 14 heavy (non-hydrogen) atoms. The van der Waals surface area contributed by atoms with E-state index in [9.17, 15) is 0 Å². The van der Waals surface area contributed by atoms with Gasteiger partial charge < -0.3 is 0 Å². The van der Waals surface area contributed by atoms with Crippen molar-refractivity contribution in [2.75, 3.05) is 0 Å². The van der Waals surface area contributed by atoms with Crippen LogP contribution in [-0.2, 0) is 6.54 Å². The number of nitrogens with one attached hydrogen (secondary N) is 1. The summed E-state index contributed by atoms with van der Waals surface area (Å²) >= 11 is 0. The fourth-order valence-corrected chi connectivity index (χ4v) is 1.47. The minimum atomic E-state index is 0.249. The highest BCUT2D eigenvalue weighted by Crippen LogP contribution is 2.12. The molecule has 1 N–H and O–H groups in total.